The molecule has 104 valence electrons. The molecule has 21 heavy (non-hydrogen) atoms. The average Bonchev–Trinajstić information content (AvgIpc) is 3.09. The maximum atomic E-state index is 6.68. The number of rotatable bonds is 3. The molecule has 4 aromatic rings. The molecule has 4 rings (SSSR count). The molecule has 2 aromatic carbocycles. The standard InChI is InChI=1S/C18H13ClS2/c19-15(17-11-18-16(21-17)8-9-20-18)10-13-6-3-5-12-4-1-2-7-14(12)13/h1-9,11,15H,10H2. The third kappa shape index (κ3) is 2.48. The van der Waals surface area contributed by atoms with Crippen molar-refractivity contribution >= 4 is 54.4 Å². The molecule has 2 heterocycles. The van der Waals surface area contributed by atoms with Gasteiger partial charge in [0.25, 0.3) is 0 Å². The average molecular weight is 329 g/mol. The molecule has 0 saturated heterocycles. The molecule has 0 aliphatic rings. The number of halogens is 1. The molecular formula is C18H13ClS2. The molecule has 0 nitrogen and oxygen atoms in total. The summed E-state index contributed by atoms with van der Waals surface area (Å²) in [6, 6.07) is 19.4. The van der Waals surface area contributed by atoms with E-state index in [0.29, 0.717) is 0 Å². The lowest BCUT2D eigenvalue weighted by molar-refractivity contribution is 0.949. The molecule has 2 aromatic heterocycles. The van der Waals surface area contributed by atoms with Crippen LogP contribution < -0.4 is 0 Å². The Morgan fingerprint density at radius 3 is 2.71 bits per heavy atom. The van der Waals surface area contributed by atoms with Gasteiger partial charge in [0.15, 0.2) is 0 Å². The minimum atomic E-state index is 0.0420. The van der Waals surface area contributed by atoms with E-state index in [-0.39, 0.29) is 5.38 Å². The predicted octanol–water partition coefficient (Wildman–Crippen LogP) is 6.64. The van der Waals surface area contributed by atoms with E-state index in [9.17, 15) is 0 Å². The zero-order valence-electron chi connectivity index (χ0n) is 11.3. The zero-order chi connectivity index (χ0) is 14.2. The van der Waals surface area contributed by atoms with Gasteiger partial charge in [0.05, 0.1) is 5.38 Å². The fourth-order valence-electron chi connectivity index (χ4n) is 2.70. The highest BCUT2D eigenvalue weighted by Gasteiger charge is 2.14. The van der Waals surface area contributed by atoms with E-state index in [0.717, 1.165) is 6.42 Å². The smallest absolute Gasteiger partial charge is 0.0719 e. The number of fused-ring (bicyclic) bond motifs is 2. The molecule has 1 unspecified atom stereocenters. The van der Waals surface area contributed by atoms with Crippen LogP contribution in [0.4, 0.5) is 0 Å². The summed E-state index contributed by atoms with van der Waals surface area (Å²) >= 11 is 10.3. The topological polar surface area (TPSA) is 0 Å². The summed E-state index contributed by atoms with van der Waals surface area (Å²) in [6.45, 7) is 0. The van der Waals surface area contributed by atoms with Gasteiger partial charge in [-0.15, -0.1) is 34.3 Å². The van der Waals surface area contributed by atoms with Crippen molar-refractivity contribution in [2.45, 2.75) is 11.8 Å². The fraction of sp³-hybridized carbons (Fsp3) is 0.111. The largest absolute Gasteiger partial charge is 0.143 e. The Morgan fingerprint density at radius 2 is 1.81 bits per heavy atom. The molecule has 0 amide bonds. The summed E-state index contributed by atoms with van der Waals surface area (Å²) in [5.74, 6) is 0. The predicted molar refractivity (Wildman–Crippen MR) is 95.9 cm³/mol. The van der Waals surface area contributed by atoms with Crippen molar-refractivity contribution in [3.8, 4) is 0 Å². The van der Waals surface area contributed by atoms with Gasteiger partial charge in [0.2, 0.25) is 0 Å². The quantitative estimate of drug-likeness (QED) is 0.370. The van der Waals surface area contributed by atoms with E-state index in [1.807, 2.05) is 11.3 Å². The van der Waals surface area contributed by atoms with E-state index in [2.05, 4.69) is 60.0 Å². The van der Waals surface area contributed by atoms with E-state index < -0.39 is 0 Å². The summed E-state index contributed by atoms with van der Waals surface area (Å²) in [4.78, 5) is 1.27. The van der Waals surface area contributed by atoms with E-state index in [1.165, 1.54) is 30.6 Å². The molecule has 0 bridgehead atoms. The first-order valence-electron chi connectivity index (χ1n) is 6.89. The molecule has 1 atom stereocenters. The Balaban J connectivity index is 1.69. The molecule has 3 heteroatoms. The van der Waals surface area contributed by atoms with Crippen LogP contribution in [0.3, 0.4) is 0 Å². The highest BCUT2D eigenvalue weighted by atomic mass is 35.5. The summed E-state index contributed by atoms with van der Waals surface area (Å²) < 4.78 is 2.69. The lowest BCUT2D eigenvalue weighted by Gasteiger charge is -2.10. The van der Waals surface area contributed by atoms with Crippen LogP contribution in [-0.4, -0.2) is 0 Å². The summed E-state index contributed by atoms with van der Waals surface area (Å²) in [7, 11) is 0. The second-order valence-electron chi connectivity index (χ2n) is 5.11. The normalized spacial score (nSPS) is 13.0. The number of hydrogen-bond acceptors (Lipinski definition) is 2. The molecule has 0 saturated carbocycles. The van der Waals surface area contributed by atoms with Crippen molar-refractivity contribution in [2.24, 2.45) is 0 Å². The van der Waals surface area contributed by atoms with Crippen LogP contribution in [0.5, 0.6) is 0 Å². The van der Waals surface area contributed by atoms with Crippen LogP contribution in [-0.2, 0) is 6.42 Å². The SMILES string of the molecule is ClC(Cc1cccc2ccccc12)c1cc2sccc2s1. The maximum Gasteiger partial charge on any atom is 0.0719 e. The Morgan fingerprint density at radius 1 is 0.952 bits per heavy atom. The molecule has 0 aliphatic carbocycles. The Hall–Kier alpha value is -1.35. The molecular weight excluding hydrogens is 316 g/mol. The summed E-state index contributed by atoms with van der Waals surface area (Å²) in [5.41, 5.74) is 1.32. The minimum Gasteiger partial charge on any atom is -0.143 e. The van der Waals surface area contributed by atoms with E-state index in [1.54, 1.807) is 11.3 Å². The highest BCUT2D eigenvalue weighted by Crippen LogP contribution is 2.38. The Kier molecular flexibility index (Phi) is 3.46. The van der Waals surface area contributed by atoms with E-state index in [4.69, 9.17) is 11.6 Å². The zero-order valence-corrected chi connectivity index (χ0v) is 13.6. The first-order chi connectivity index (χ1) is 10.3. The lowest BCUT2D eigenvalue weighted by Crippen LogP contribution is -1.94. The van der Waals surface area contributed by atoms with Crippen molar-refractivity contribution < 1.29 is 0 Å². The van der Waals surface area contributed by atoms with Gasteiger partial charge in [-0.25, -0.2) is 0 Å². The second kappa shape index (κ2) is 5.45. The van der Waals surface area contributed by atoms with Gasteiger partial charge in [-0.3, -0.25) is 0 Å². The minimum absolute atomic E-state index is 0.0420. The summed E-state index contributed by atoms with van der Waals surface area (Å²) in [6.07, 6.45) is 0.872. The summed E-state index contributed by atoms with van der Waals surface area (Å²) in [5, 5.41) is 4.77. The van der Waals surface area contributed by atoms with Gasteiger partial charge in [0.1, 0.15) is 0 Å². The van der Waals surface area contributed by atoms with Crippen molar-refractivity contribution in [2.75, 3.05) is 0 Å². The number of thiophene rings is 2. The lowest BCUT2D eigenvalue weighted by atomic mass is 10.0. The molecule has 0 fully saturated rings. The Bertz CT molecular complexity index is 870. The monoisotopic (exact) mass is 328 g/mol. The van der Waals surface area contributed by atoms with Gasteiger partial charge in [-0.1, -0.05) is 42.5 Å². The van der Waals surface area contributed by atoms with Gasteiger partial charge < -0.3 is 0 Å². The van der Waals surface area contributed by atoms with Crippen LogP contribution in [0.1, 0.15) is 15.8 Å². The van der Waals surface area contributed by atoms with Crippen LogP contribution in [0.25, 0.3) is 20.2 Å². The van der Waals surface area contributed by atoms with Crippen molar-refractivity contribution in [3.63, 3.8) is 0 Å². The second-order valence-corrected chi connectivity index (χ2v) is 7.70. The van der Waals surface area contributed by atoms with E-state index >= 15 is 0 Å². The fourth-order valence-corrected chi connectivity index (χ4v) is 5.16. The first kappa shape index (κ1) is 13.3. The van der Waals surface area contributed by atoms with Crippen LogP contribution in [0.2, 0.25) is 0 Å². The highest BCUT2D eigenvalue weighted by molar-refractivity contribution is 7.27. The number of alkyl halides is 1. The van der Waals surface area contributed by atoms with Crippen molar-refractivity contribution in [1.82, 2.24) is 0 Å². The van der Waals surface area contributed by atoms with Crippen molar-refractivity contribution in [1.29, 1.82) is 0 Å². The first-order valence-corrected chi connectivity index (χ1v) is 9.02. The maximum absolute atomic E-state index is 6.68. The van der Waals surface area contributed by atoms with Gasteiger partial charge in [0, 0.05) is 14.3 Å². The molecule has 0 N–H and O–H groups in total. The van der Waals surface area contributed by atoms with Crippen LogP contribution in [0, 0.1) is 0 Å². The number of hydrogen-bond donors (Lipinski definition) is 0. The molecule has 0 aliphatic heterocycles. The molecule has 0 spiro atoms. The van der Waals surface area contributed by atoms with Crippen LogP contribution in [0.15, 0.2) is 60.0 Å². The van der Waals surface area contributed by atoms with Crippen molar-refractivity contribution in [3.05, 3.63) is 70.4 Å². The van der Waals surface area contributed by atoms with Gasteiger partial charge in [-0.05, 0) is 40.3 Å². The number of benzene rings is 2. The van der Waals surface area contributed by atoms with Gasteiger partial charge in [-0.2, -0.15) is 0 Å². The van der Waals surface area contributed by atoms with Gasteiger partial charge >= 0.3 is 0 Å². The third-order valence-corrected chi connectivity index (χ3v) is 6.47. The Labute approximate surface area is 136 Å². The third-order valence-electron chi connectivity index (χ3n) is 3.75. The van der Waals surface area contributed by atoms with Crippen LogP contribution >= 0.6 is 34.3 Å². The molecule has 0 radical (unpaired) electrons.